The van der Waals surface area contributed by atoms with Gasteiger partial charge in [-0.2, -0.15) is 0 Å². The van der Waals surface area contributed by atoms with Crippen LogP contribution in [0.15, 0.2) is 18.2 Å². The molecule has 3 heterocycles. The Morgan fingerprint density at radius 1 is 1.19 bits per heavy atom. The molecule has 1 unspecified atom stereocenters. The molecule has 1 atom stereocenters. The monoisotopic (exact) mass is 285 g/mol. The third kappa shape index (κ3) is 2.42. The Kier molecular flexibility index (Phi) is 3.34. The van der Waals surface area contributed by atoms with Crippen molar-refractivity contribution in [1.29, 1.82) is 0 Å². The van der Waals surface area contributed by atoms with E-state index in [0.29, 0.717) is 6.04 Å². The average molecular weight is 285 g/mol. The van der Waals surface area contributed by atoms with E-state index in [1.165, 1.54) is 30.6 Å². The highest BCUT2D eigenvalue weighted by atomic mass is 16.2. The van der Waals surface area contributed by atoms with Crippen LogP contribution in [0.2, 0.25) is 0 Å². The normalized spacial score (nSPS) is 25.1. The zero-order valence-electron chi connectivity index (χ0n) is 12.5. The molecular formula is C17H23N3O. The predicted octanol–water partition coefficient (Wildman–Crippen LogP) is 1.96. The van der Waals surface area contributed by atoms with Crippen LogP contribution in [0.3, 0.4) is 0 Å². The van der Waals surface area contributed by atoms with Crippen molar-refractivity contribution in [3.63, 3.8) is 0 Å². The Morgan fingerprint density at radius 2 is 2.14 bits per heavy atom. The smallest absolute Gasteiger partial charge is 0.253 e. The molecule has 1 N–H and O–H groups in total. The van der Waals surface area contributed by atoms with E-state index >= 15 is 0 Å². The van der Waals surface area contributed by atoms with Gasteiger partial charge >= 0.3 is 0 Å². The molecule has 4 rings (SSSR count). The zero-order valence-corrected chi connectivity index (χ0v) is 12.5. The van der Waals surface area contributed by atoms with Crippen LogP contribution in [0.5, 0.6) is 0 Å². The maximum absolute atomic E-state index is 12.8. The summed E-state index contributed by atoms with van der Waals surface area (Å²) in [6.07, 6.45) is 4.78. The van der Waals surface area contributed by atoms with Gasteiger partial charge in [-0.3, -0.25) is 9.69 Å². The van der Waals surface area contributed by atoms with Gasteiger partial charge in [0.25, 0.3) is 5.91 Å². The molecule has 0 spiro atoms. The van der Waals surface area contributed by atoms with Gasteiger partial charge in [0.1, 0.15) is 0 Å². The highest BCUT2D eigenvalue weighted by Gasteiger charge is 2.32. The van der Waals surface area contributed by atoms with Gasteiger partial charge in [0.2, 0.25) is 0 Å². The van der Waals surface area contributed by atoms with Gasteiger partial charge < -0.3 is 10.2 Å². The number of rotatable bonds is 1. The molecule has 3 aliphatic heterocycles. The van der Waals surface area contributed by atoms with Crippen LogP contribution >= 0.6 is 0 Å². The second kappa shape index (κ2) is 5.34. The summed E-state index contributed by atoms with van der Waals surface area (Å²) in [5, 5.41) is 3.41. The van der Waals surface area contributed by atoms with E-state index in [2.05, 4.69) is 27.2 Å². The summed E-state index contributed by atoms with van der Waals surface area (Å²) in [7, 11) is 0. The van der Waals surface area contributed by atoms with Gasteiger partial charge in [0.15, 0.2) is 0 Å². The third-order valence-electron chi connectivity index (χ3n) is 5.17. The highest BCUT2D eigenvalue weighted by Crippen LogP contribution is 2.25. The van der Waals surface area contributed by atoms with E-state index in [9.17, 15) is 4.79 Å². The van der Waals surface area contributed by atoms with E-state index in [-0.39, 0.29) is 5.91 Å². The molecule has 21 heavy (non-hydrogen) atoms. The Morgan fingerprint density at radius 3 is 3.10 bits per heavy atom. The van der Waals surface area contributed by atoms with Crippen molar-refractivity contribution in [3.8, 4) is 0 Å². The number of hydrogen-bond acceptors (Lipinski definition) is 3. The number of nitrogens with one attached hydrogen (secondary N) is 1. The Hall–Kier alpha value is -1.55. The van der Waals surface area contributed by atoms with Crippen molar-refractivity contribution in [2.45, 2.75) is 31.7 Å². The first kappa shape index (κ1) is 13.1. The molecule has 2 fully saturated rings. The van der Waals surface area contributed by atoms with Gasteiger partial charge in [0.05, 0.1) is 0 Å². The second-order valence-corrected chi connectivity index (χ2v) is 6.49. The molecule has 0 aromatic heterocycles. The molecule has 112 valence electrons. The SMILES string of the molecule is O=C(c1ccc2c(c1)CCCN2)N1CCN2CCCC2C1. The first-order chi connectivity index (χ1) is 10.3. The Labute approximate surface area is 126 Å². The minimum Gasteiger partial charge on any atom is -0.385 e. The first-order valence-electron chi connectivity index (χ1n) is 8.21. The van der Waals surface area contributed by atoms with Crippen LogP contribution in [0.1, 0.15) is 35.2 Å². The lowest BCUT2D eigenvalue weighted by Gasteiger charge is -2.37. The summed E-state index contributed by atoms with van der Waals surface area (Å²) in [4.78, 5) is 17.4. The van der Waals surface area contributed by atoms with Crippen molar-refractivity contribution in [1.82, 2.24) is 9.80 Å². The number of aryl methyl sites for hydroxylation is 1. The molecule has 0 aliphatic carbocycles. The van der Waals surface area contributed by atoms with Gasteiger partial charge in [-0.15, -0.1) is 0 Å². The van der Waals surface area contributed by atoms with Gasteiger partial charge in [0, 0.05) is 43.5 Å². The average Bonchev–Trinajstić information content (AvgIpc) is 3.01. The number of hydrogen-bond donors (Lipinski definition) is 1. The van der Waals surface area contributed by atoms with E-state index in [1.54, 1.807) is 0 Å². The molecule has 4 nitrogen and oxygen atoms in total. The van der Waals surface area contributed by atoms with Crippen LogP contribution in [0.4, 0.5) is 5.69 Å². The van der Waals surface area contributed by atoms with Crippen LogP contribution < -0.4 is 5.32 Å². The minimum absolute atomic E-state index is 0.218. The van der Waals surface area contributed by atoms with Gasteiger partial charge in [-0.25, -0.2) is 0 Å². The number of fused-ring (bicyclic) bond motifs is 2. The summed E-state index contributed by atoms with van der Waals surface area (Å²) in [6.45, 7) is 5.10. The number of nitrogens with zero attached hydrogens (tertiary/aromatic N) is 2. The quantitative estimate of drug-likeness (QED) is 0.857. The van der Waals surface area contributed by atoms with Crippen molar-refractivity contribution in [3.05, 3.63) is 29.3 Å². The van der Waals surface area contributed by atoms with Gasteiger partial charge in [-0.1, -0.05) is 0 Å². The van der Waals surface area contributed by atoms with Crippen molar-refractivity contribution in [2.24, 2.45) is 0 Å². The van der Waals surface area contributed by atoms with E-state index in [0.717, 1.165) is 44.6 Å². The molecular weight excluding hydrogens is 262 g/mol. The van der Waals surface area contributed by atoms with E-state index in [1.807, 2.05) is 6.07 Å². The van der Waals surface area contributed by atoms with E-state index in [4.69, 9.17) is 0 Å². The lowest BCUT2D eigenvalue weighted by atomic mass is 10.00. The summed E-state index contributed by atoms with van der Waals surface area (Å²) in [5.74, 6) is 0.218. The molecule has 1 amide bonds. The fraction of sp³-hybridized carbons (Fsp3) is 0.588. The van der Waals surface area contributed by atoms with Gasteiger partial charge in [-0.05, 0) is 56.0 Å². The van der Waals surface area contributed by atoms with Crippen LogP contribution in [-0.2, 0) is 6.42 Å². The van der Waals surface area contributed by atoms with Crippen molar-refractivity contribution >= 4 is 11.6 Å². The zero-order chi connectivity index (χ0) is 14.2. The Balaban J connectivity index is 1.52. The fourth-order valence-electron chi connectivity index (χ4n) is 3.97. The first-order valence-corrected chi connectivity index (χ1v) is 8.21. The van der Waals surface area contributed by atoms with E-state index < -0.39 is 0 Å². The molecule has 4 heteroatoms. The molecule has 0 saturated carbocycles. The lowest BCUT2D eigenvalue weighted by molar-refractivity contribution is 0.0571. The molecule has 1 aromatic carbocycles. The maximum Gasteiger partial charge on any atom is 0.253 e. The summed E-state index contributed by atoms with van der Waals surface area (Å²) >= 11 is 0. The summed E-state index contributed by atoms with van der Waals surface area (Å²) < 4.78 is 0. The largest absolute Gasteiger partial charge is 0.385 e. The fourth-order valence-corrected chi connectivity index (χ4v) is 3.97. The molecule has 3 aliphatic rings. The standard InChI is InChI=1S/C17H23N3O/c21-17(20-10-9-19-8-2-4-15(19)12-20)14-5-6-16-13(11-14)3-1-7-18-16/h5-6,11,15,18H,1-4,7-10,12H2. The number of anilines is 1. The predicted molar refractivity (Wildman–Crippen MR) is 83.8 cm³/mol. The lowest BCUT2D eigenvalue weighted by Crippen LogP contribution is -2.52. The Bertz CT molecular complexity index is 557. The minimum atomic E-state index is 0.218. The number of carbonyl (C=O) groups is 1. The summed E-state index contributed by atoms with van der Waals surface area (Å²) in [6, 6.07) is 6.76. The van der Waals surface area contributed by atoms with Crippen molar-refractivity contribution < 1.29 is 4.79 Å². The van der Waals surface area contributed by atoms with Crippen molar-refractivity contribution in [2.75, 3.05) is 38.0 Å². The molecule has 0 radical (unpaired) electrons. The second-order valence-electron chi connectivity index (χ2n) is 6.49. The third-order valence-corrected chi connectivity index (χ3v) is 5.17. The molecule has 0 bridgehead atoms. The number of piperazine rings is 1. The number of carbonyl (C=O) groups excluding carboxylic acids is 1. The number of amides is 1. The number of benzene rings is 1. The molecule has 1 aromatic rings. The topological polar surface area (TPSA) is 35.6 Å². The summed E-state index contributed by atoms with van der Waals surface area (Å²) in [5.41, 5.74) is 3.37. The molecule has 2 saturated heterocycles. The van der Waals surface area contributed by atoms with Crippen LogP contribution in [0.25, 0.3) is 0 Å². The van der Waals surface area contributed by atoms with Crippen LogP contribution in [0, 0.1) is 0 Å². The van der Waals surface area contributed by atoms with Crippen LogP contribution in [-0.4, -0.2) is 54.5 Å². The maximum atomic E-state index is 12.8. The highest BCUT2D eigenvalue weighted by molar-refractivity contribution is 5.95.